The molecule has 0 amide bonds. The van der Waals surface area contributed by atoms with E-state index in [2.05, 4.69) is 29.2 Å². The first-order valence-corrected chi connectivity index (χ1v) is 12.2. The lowest BCUT2D eigenvalue weighted by Crippen LogP contribution is -2.39. The summed E-state index contributed by atoms with van der Waals surface area (Å²) in [6.45, 7) is 2.24. The number of hydrogen-bond acceptors (Lipinski definition) is 6. The Morgan fingerprint density at radius 2 is 1.77 bits per heavy atom. The Labute approximate surface area is 210 Å². The quantitative estimate of drug-likeness (QED) is 0.476. The van der Waals surface area contributed by atoms with E-state index in [4.69, 9.17) is 30.5 Å². The Kier molecular flexibility index (Phi) is 7.04. The molecule has 7 heteroatoms. The molecule has 0 fully saturated rings. The average molecular weight is 496 g/mol. The van der Waals surface area contributed by atoms with Gasteiger partial charge in [0.1, 0.15) is 13.2 Å². The first-order valence-electron chi connectivity index (χ1n) is 11.9. The number of benzene rings is 3. The van der Waals surface area contributed by atoms with Crippen LogP contribution < -0.4 is 18.9 Å². The SMILES string of the molecule is COc1cc2c(cc1OCc1ccccc1)C1Cc3c(Cl)cc(OC)c(OCCO)c3CN1CC2. The zero-order chi connectivity index (χ0) is 24.4. The van der Waals surface area contributed by atoms with Crippen molar-refractivity contribution >= 4 is 11.6 Å². The van der Waals surface area contributed by atoms with Gasteiger partial charge in [0.2, 0.25) is 0 Å². The Bertz CT molecular complexity index is 1200. The summed E-state index contributed by atoms with van der Waals surface area (Å²) in [7, 11) is 3.29. The monoisotopic (exact) mass is 495 g/mol. The molecule has 184 valence electrons. The van der Waals surface area contributed by atoms with E-state index < -0.39 is 0 Å². The fourth-order valence-electron chi connectivity index (χ4n) is 5.14. The highest BCUT2D eigenvalue weighted by Gasteiger charge is 2.36. The predicted octanol–water partition coefficient (Wildman–Crippen LogP) is 4.96. The van der Waals surface area contributed by atoms with E-state index in [0.717, 1.165) is 47.6 Å². The van der Waals surface area contributed by atoms with Crippen LogP contribution in [-0.4, -0.2) is 44.0 Å². The molecule has 1 atom stereocenters. The van der Waals surface area contributed by atoms with Crippen molar-refractivity contribution in [1.82, 2.24) is 4.90 Å². The molecule has 0 saturated heterocycles. The molecule has 3 aromatic carbocycles. The lowest BCUT2D eigenvalue weighted by atomic mass is 9.83. The van der Waals surface area contributed by atoms with Gasteiger partial charge in [0, 0.05) is 35.8 Å². The Morgan fingerprint density at radius 3 is 2.51 bits per heavy atom. The van der Waals surface area contributed by atoms with E-state index in [1.54, 1.807) is 14.2 Å². The van der Waals surface area contributed by atoms with Crippen molar-refractivity contribution in [3.05, 3.63) is 81.4 Å². The second-order valence-electron chi connectivity index (χ2n) is 8.84. The number of fused-ring (bicyclic) bond motifs is 4. The third kappa shape index (κ3) is 4.66. The summed E-state index contributed by atoms with van der Waals surface area (Å²) in [5.41, 5.74) is 5.74. The maximum absolute atomic E-state index is 9.31. The van der Waals surface area contributed by atoms with E-state index >= 15 is 0 Å². The number of halogens is 1. The van der Waals surface area contributed by atoms with Crippen LogP contribution in [0, 0.1) is 0 Å². The highest BCUT2D eigenvalue weighted by atomic mass is 35.5. The van der Waals surface area contributed by atoms with Gasteiger partial charge >= 0.3 is 0 Å². The molecule has 2 aliphatic heterocycles. The smallest absolute Gasteiger partial charge is 0.166 e. The molecule has 1 N–H and O–H groups in total. The van der Waals surface area contributed by atoms with Gasteiger partial charge in [-0.15, -0.1) is 0 Å². The van der Waals surface area contributed by atoms with Crippen molar-refractivity contribution in [2.75, 3.05) is 34.0 Å². The van der Waals surface area contributed by atoms with Crippen LogP contribution >= 0.6 is 11.6 Å². The van der Waals surface area contributed by atoms with Crippen molar-refractivity contribution in [1.29, 1.82) is 0 Å². The maximum Gasteiger partial charge on any atom is 0.166 e. The van der Waals surface area contributed by atoms with Gasteiger partial charge in [-0.3, -0.25) is 4.90 Å². The normalized spacial score (nSPS) is 16.6. The van der Waals surface area contributed by atoms with Crippen molar-refractivity contribution in [3.63, 3.8) is 0 Å². The third-order valence-electron chi connectivity index (χ3n) is 6.86. The fraction of sp³-hybridized carbons (Fsp3) is 0.357. The average Bonchev–Trinajstić information content (AvgIpc) is 2.90. The van der Waals surface area contributed by atoms with Gasteiger partial charge in [0.05, 0.1) is 20.8 Å². The second-order valence-corrected chi connectivity index (χ2v) is 9.24. The number of aliphatic hydroxyl groups is 1. The summed E-state index contributed by atoms with van der Waals surface area (Å²) in [6, 6.07) is 16.4. The standard InChI is InChI=1S/C28H30ClNO5/c1-32-25-12-19-8-9-30-16-22-21(23(29)15-27(33-2)28(22)34-11-10-31)13-24(30)20(19)14-26(25)35-17-18-6-4-3-5-7-18/h3-7,12,14-15,24,31H,8-11,13,16-17H2,1-2H3. The highest BCUT2D eigenvalue weighted by Crippen LogP contribution is 2.48. The van der Waals surface area contributed by atoms with Gasteiger partial charge < -0.3 is 24.1 Å². The molecule has 0 saturated carbocycles. The minimum Gasteiger partial charge on any atom is -0.493 e. The Hall–Kier alpha value is -2.93. The molecule has 1 unspecified atom stereocenters. The fourth-order valence-corrected chi connectivity index (χ4v) is 5.43. The van der Waals surface area contributed by atoms with Gasteiger partial charge in [0.25, 0.3) is 0 Å². The largest absolute Gasteiger partial charge is 0.493 e. The predicted molar refractivity (Wildman–Crippen MR) is 135 cm³/mol. The molecule has 6 nitrogen and oxygen atoms in total. The van der Waals surface area contributed by atoms with Crippen LogP contribution in [0.3, 0.4) is 0 Å². The van der Waals surface area contributed by atoms with E-state index in [0.29, 0.717) is 29.7 Å². The molecule has 0 aromatic heterocycles. The number of aliphatic hydroxyl groups excluding tert-OH is 1. The minimum atomic E-state index is -0.0616. The third-order valence-corrected chi connectivity index (χ3v) is 7.19. The Morgan fingerprint density at radius 1 is 0.971 bits per heavy atom. The van der Waals surface area contributed by atoms with Crippen molar-refractivity contribution in [3.8, 4) is 23.0 Å². The van der Waals surface area contributed by atoms with Crippen molar-refractivity contribution in [2.24, 2.45) is 0 Å². The van der Waals surface area contributed by atoms with E-state index in [1.807, 2.05) is 24.3 Å². The Balaban J connectivity index is 1.49. The van der Waals surface area contributed by atoms with Crippen molar-refractivity contribution in [2.45, 2.75) is 32.0 Å². The van der Waals surface area contributed by atoms with Crippen molar-refractivity contribution < 1.29 is 24.1 Å². The summed E-state index contributed by atoms with van der Waals surface area (Å²) >= 11 is 6.74. The summed E-state index contributed by atoms with van der Waals surface area (Å²) in [5, 5.41) is 9.98. The number of hydrogen-bond donors (Lipinski definition) is 1. The van der Waals surface area contributed by atoms with Crippen LogP contribution in [-0.2, 0) is 26.0 Å². The van der Waals surface area contributed by atoms with Gasteiger partial charge in [-0.05, 0) is 47.2 Å². The van der Waals surface area contributed by atoms with Crippen LogP contribution in [0.4, 0.5) is 0 Å². The number of methoxy groups -OCH3 is 2. The van der Waals surface area contributed by atoms with E-state index in [-0.39, 0.29) is 19.3 Å². The molecule has 35 heavy (non-hydrogen) atoms. The number of nitrogens with zero attached hydrogens (tertiary/aromatic N) is 1. The van der Waals surface area contributed by atoms with E-state index in [1.165, 1.54) is 11.1 Å². The van der Waals surface area contributed by atoms with E-state index in [9.17, 15) is 5.11 Å². The van der Waals surface area contributed by atoms with Crippen LogP contribution in [0.25, 0.3) is 0 Å². The zero-order valence-corrected chi connectivity index (χ0v) is 20.8. The molecule has 2 aliphatic rings. The van der Waals surface area contributed by atoms with Crippen LogP contribution in [0.15, 0.2) is 48.5 Å². The lowest BCUT2D eigenvalue weighted by molar-refractivity contribution is 0.151. The van der Waals surface area contributed by atoms with Crippen LogP contribution in [0.5, 0.6) is 23.0 Å². The summed E-state index contributed by atoms with van der Waals surface area (Å²) < 4.78 is 23.3. The first kappa shape index (κ1) is 23.8. The molecular formula is C28H30ClNO5. The van der Waals surface area contributed by atoms with Gasteiger partial charge in [0.15, 0.2) is 23.0 Å². The molecule has 5 rings (SSSR count). The summed E-state index contributed by atoms with van der Waals surface area (Å²) in [4.78, 5) is 2.46. The molecule has 0 radical (unpaired) electrons. The molecule has 2 heterocycles. The second kappa shape index (κ2) is 10.4. The number of rotatable bonds is 8. The zero-order valence-electron chi connectivity index (χ0n) is 20.1. The molecule has 0 bridgehead atoms. The molecular weight excluding hydrogens is 466 g/mol. The number of ether oxygens (including phenoxy) is 4. The van der Waals surface area contributed by atoms with Crippen LogP contribution in [0.1, 0.15) is 33.9 Å². The minimum absolute atomic E-state index is 0.0616. The van der Waals surface area contributed by atoms with Gasteiger partial charge in [-0.1, -0.05) is 41.9 Å². The first-order chi connectivity index (χ1) is 17.1. The summed E-state index contributed by atoms with van der Waals surface area (Å²) in [6.07, 6.45) is 1.67. The van der Waals surface area contributed by atoms with Gasteiger partial charge in [-0.25, -0.2) is 0 Å². The highest BCUT2D eigenvalue weighted by molar-refractivity contribution is 6.31. The maximum atomic E-state index is 9.31. The van der Waals surface area contributed by atoms with Crippen LogP contribution in [0.2, 0.25) is 5.02 Å². The summed E-state index contributed by atoms with van der Waals surface area (Å²) in [5.74, 6) is 2.77. The lowest BCUT2D eigenvalue weighted by Gasteiger charge is -2.42. The molecule has 0 spiro atoms. The molecule has 0 aliphatic carbocycles. The van der Waals surface area contributed by atoms with Gasteiger partial charge in [-0.2, -0.15) is 0 Å². The topological polar surface area (TPSA) is 60.4 Å². The molecule has 3 aromatic rings.